The lowest BCUT2D eigenvalue weighted by Crippen LogP contribution is -2.39. The zero-order valence-electron chi connectivity index (χ0n) is 13.7. The maximum atomic E-state index is 12.8. The van der Waals surface area contributed by atoms with Gasteiger partial charge in [-0.25, -0.2) is 8.42 Å². The first-order valence-corrected chi connectivity index (χ1v) is 9.21. The van der Waals surface area contributed by atoms with Crippen molar-refractivity contribution in [2.24, 2.45) is 5.73 Å². The van der Waals surface area contributed by atoms with Crippen LogP contribution in [0.3, 0.4) is 0 Å². The third-order valence-electron chi connectivity index (χ3n) is 4.26. The zero-order valence-corrected chi connectivity index (χ0v) is 14.5. The van der Waals surface area contributed by atoms with E-state index in [2.05, 4.69) is 10.2 Å². The molecule has 0 atom stereocenters. The van der Waals surface area contributed by atoms with Crippen molar-refractivity contribution in [1.82, 2.24) is 19.3 Å². The Morgan fingerprint density at radius 2 is 1.88 bits per heavy atom. The van der Waals surface area contributed by atoms with Crippen molar-refractivity contribution in [2.45, 2.75) is 23.8 Å². The number of amides is 1. The van der Waals surface area contributed by atoms with Gasteiger partial charge < -0.3 is 10.5 Å². The number of hydrogen-bond acceptors (Lipinski definition) is 6. The summed E-state index contributed by atoms with van der Waals surface area (Å²) in [6.07, 6.45) is 4.44. The van der Waals surface area contributed by atoms with E-state index >= 15 is 0 Å². The number of rotatable bonds is 5. The molecule has 1 aliphatic heterocycles. The molecule has 1 aromatic heterocycles. The number of benzene rings is 1. The first-order chi connectivity index (χ1) is 11.9. The van der Waals surface area contributed by atoms with Gasteiger partial charge in [-0.2, -0.15) is 19.3 Å². The average molecular weight is 365 g/mol. The topological polar surface area (TPSA) is 120 Å². The number of ether oxygens (including phenoxy) is 1. The predicted octanol–water partition coefficient (Wildman–Crippen LogP) is 0.411. The summed E-state index contributed by atoms with van der Waals surface area (Å²) in [6.45, 7) is 0.707. The molecule has 9 nitrogen and oxygen atoms in total. The van der Waals surface area contributed by atoms with Gasteiger partial charge in [0.1, 0.15) is 5.75 Å². The quantitative estimate of drug-likeness (QED) is 0.819. The van der Waals surface area contributed by atoms with Crippen molar-refractivity contribution in [3.05, 3.63) is 36.2 Å². The van der Waals surface area contributed by atoms with Crippen molar-refractivity contribution in [3.63, 3.8) is 0 Å². The van der Waals surface area contributed by atoms with Crippen LogP contribution in [0.4, 0.5) is 0 Å². The van der Waals surface area contributed by atoms with E-state index in [0.29, 0.717) is 25.9 Å². The van der Waals surface area contributed by atoms with E-state index in [9.17, 15) is 13.2 Å². The van der Waals surface area contributed by atoms with E-state index in [0.717, 1.165) is 0 Å². The number of hydrogen-bond donors (Lipinski definition) is 1. The highest BCUT2D eigenvalue weighted by Gasteiger charge is 2.31. The number of nitrogens with zero attached hydrogens (tertiary/aromatic N) is 4. The van der Waals surface area contributed by atoms with Crippen LogP contribution in [0.25, 0.3) is 0 Å². The third-order valence-corrected chi connectivity index (χ3v) is 6.16. The molecular weight excluding hydrogens is 346 g/mol. The second-order valence-electron chi connectivity index (χ2n) is 5.71. The molecule has 1 saturated heterocycles. The fourth-order valence-corrected chi connectivity index (χ4v) is 4.41. The Bertz CT molecular complexity index is 858. The number of aromatic nitrogens is 3. The van der Waals surface area contributed by atoms with Crippen molar-refractivity contribution < 1.29 is 17.9 Å². The molecule has 2 heterocycles. The van der Waals surface area contributed by atoms with E-state index in [1.54, 1.807) is 17.2 Å². The van der Waals surface area contributed by atoms with Gasteiger partial charge in [0.15, 0.2) is 0 Å². The Morgan fingerprint density at radius 1 is 1.24 bits per heavy atom. The summed E-state index contributed by atoms with van der Waals surface area (Å²) in [5.74, 6) is -0.493. The number of nitrogens with two attached hydrogens (primary N) is 1. The smallest absolute Gasteiger partial charge is 0.252 e. The molecular formula is C15H19N5O4S. The average Bonchev–Trinajstić information content (AvgIpc) is 3.15. The Morgan fingerprint density at radius 3 is 2.44 bits per heavy atom. The largest absolute Gasteiger partial charge is 0.496 e. The predicted molar refractivity (Wildman–Crippen MR) is 88.6 cm³/mol. The van der Waals surface area contributed by atoms with Gasteiger partial charge in [-0.15, -0.1) is 0 Å². The van der Waals surface area contributed by atoms with Gasteiger partial charge in [0.25, 0.3) is 5.91 Å². The Kier molecular flexibility index (Phi) is 4.73. The van der Waals surface area contributed by atoms with Crippen LogP contribution >= 0.6 is 0 Å². The van der Waals surface area contributed by atoms with E-state index in [4.69, 9.17) is 10.5 Å². The summed E-state index contributed by atoms with van der Waals surface area (Å²) in [4.78, 5) is 13.2. The molecule has 1 fully saturated rings. The summed E-state index contributed by atoms with van der Waals surface area (Å²) in [5.41, 5.74) is 5.35. The molecule has 1 amide bonds. The highest BCUT2D eigenvalue weighted by Crippen LogP contribution is 2.28. The summed E-state index contributed by atoms with van der Waals surface area (Å²) >= 11 is 0. The van der Waals surface area contributed by atoms with Gasteiger partial charge in [0, 0.05) is 13.1 Å². The molecule has 134 valence electrons. The minimum atomic E-state index is -3.72. The first-order valence-electron chi connectivity index (χ1n) is 7.77. The van der Waals surface area contributed by atoms with Crippen molar-refractivity contribution in [2.75, 3.05) is 20.2 Å². The van der Waals surface area contributed by atoms with Crippen LogP contribution in [0.1, 0.15) is 29.2 Å². The van der Waals surface area contributed by atoms with Gasteiger partial charge in [0.2, 0.25) is 10.0 Å². The minimum absolute atomic E-state index is 0.0257. The van der Waals surface area contributed by atoms with Gasteiger partial charge in [-0.1, -0.05) is 0 Å². The lowest BCUT2D eigenvalue weighted by molar-refractivity contribution is 0.0997. The normalized spacial score (nSPS) is 16.7. The fourth-order valence-electron chi connectivity index (χ4n) is 2.92. The highest BCUT2D eigenvalue weighted by molar-refractivity contribution is 7.89. The summed E-state index contributed by atoms with van der Waals surface area (Å²) in [6, 6.07) is 4.20. The molecule has 1 aliphatic rings. The Hall–Kier alpha value is -2.46. The van der Waals surface area contributed by atoms with Crippen LogP contribution in [0.2, 0.25) is 0 Å². The van der Waals surface area contributed by atoms with Crippen LogP contribution in [-0.4, -0.2) is 53.8 Å². The van der Waals surface area contributed by atoms with Gasteiger partial charge in [-0.05, 0) is 31.0 Å². The van der Waals surface area contributed by atoms with Crippen LogP contribution in [0, 0.1) is 0 Å². The molecule has 0 radical (unpaired) electrons. The Labute approximate surface area is 145 Å². The Balaban J connectivity index is 1.81. The lowest BCUT2D eigenvalue weighted by atomic mass is 10.1. The molecule has 1 aromatic carbocycles. The molecule has 25 heavy (non-hydrogen) atoms. The summed E-state index contributed by atoms with van der Waals surface area (Å²) in [7, 11) is -2.32. The molecule has 2 aromatic rings. The van der Waals surface area contributed by atoms with Gasteiger partial charge >= 0.3 is 0 Å². The zero-order chi connectivity index (χ0) is 18.0. The maximum absolute atomic E-state index is 12.8. The molecule has 0 aliphatic carbocycles. The van der Waals surface area contributed by atoms with Crippen LogP contribution in [-0.2, 0) is 10.0 Å². The second-order valence-corrected chi connectivity index (χ2v) is 7.65. The minimum Gasteiger partial charge on any atom is -0.496 e. The van der Waals surface area contributed by atoms with Crippen LogP contribution in [0.15, 0.2) is 35.5 Å². The van der Waals surface area contributed by atoms with Crippen molar-refractivity contribution in [3.8, 4) is 5.75 Å². The van der Waals surface area contributed by atoms with Crippen LogP contribution < -0.4 is 10.5 Å². The molecule has 0 bridgehead atoms. The maximum Gasteiger partial charge on any atom is 0.252 e. The molecule has 3 rings (SSSR count). The van der Waals surface area contributed by atoms with Crippen LogP contribution in [0.5, 0.6) is 5.75 Å². The SMILES string of the molecule is COc1ccc(S(=O)(=O)N2CCC(n3nccn3)CC2)cc1C(N)=O. The first kappa shape index (κ1) is 17.4. The van der Waals surface area contributed by atoms with Crippen molar-refractivity contribution in [1.29, 1.82) is 0 Å². The molecule has 0 saturated carbocycles. The fraction of sp³-hybridized carbons (Fsp3) is 0.400. The number of carbonyl (C=O) groups excluding carboxylic acids is 1. The molecule has 10 heteroatoms. The number of piperidine rings is 1. The third kappa shape index (κ3) is 3.35. The molecule has 0 spiro atoms. The number of primary amides is 1. The van der Waals surface area contributed by atoms with Crippen molar-refractivity contribution >= 4 is 15.9 Å². The number of carbonyl (C=O) groups is 1. The number of sulfonamides is 1. The van der Waals surface area contributed by atoms with E-state index < -0.39 is 15.9 Å². The standard InChI is InChI=1S/C15H19N5O4S/c1-24-14-3-2-12(10-13(14)15(16)21)25(22,23)19-8-4-11(5-9-19)20-17-6-7-18-20/h2-3,6-7,10-11H,4-5,8-9H2,1H3,(H2,16,21). The van der Waals surface area contributed by atoms with Gasteiger partial charge in [0.05, 0.1) is 36.0 Å². The van der Waals surface area contributed by atoms with E-state index in [-0.39, 0.29) is 22.3 Å². The molecule has 0 unspecified atom stereocenters. The highest BCUT2D eigenvalue weighted by atomic mass is 32.2. The van der Waals surface area contributed by atoms with E-state index in [1.165, 1.54) is 29.6 Å². The monoisotopic (exact) mass is 365 g/mol. The lowest BCUT2D eigenvalue weighted by Gasteiger charge is -2.30. The summed E-state index contributed by atoms with van der Waals surface area (Å²) < 4.78 is 32.2. The molecule has 2 N–H and O–H groups in total. The van der Waals surface area contributed by atoms with Gasteiger partial charge in [-0.3, -0.25) is 4.79 Å². The van der Waals surface area contributed by atoms with E-state index in [1.807, 2.05) is 0 Å². The summed E-state index contributed by atoms with van der Waals surface area (Å²) in [5, 5.41) is 8.22. The number of methoxy groups -OCH3 is 1. The second kappa shape index (κ2) is 6.81.